The second-order valence-corrected chi connectivity index (χ2v) is 5.77. The number of hydrogen-bond donors (Lipinski definition) is 0. The molecule has 2 aromatic rings. The maximum absolute atomic E-state index is 12.2. The van der Waals surface area contributed by atoms with Crippen molar-refractivity contribution >= 4 is 5.78 Å². The largest absolute Gasteiger partial charge is 0.485 e. The Balaban J connectivity index is 2.10. The minimum atomic E-state index is 0.00575. The van der Waals surface area contributed by atoms with Crippen LogP contribution in [0, 0.1) is 13.8 Å². The van der Waals surface area contributed by atoms with Crippen LogP contribution < -0.4 is 4.74 Å². The Morgan fingerprint density at radius 2 is 1.62 bits per heavy atom. The van der Waals surface area contributed by atoms with Gasteiger partial charge in [0.2, 0.25) is 0 Å². The van der Waals surface area contributed by atoms with Crippen LogP contribution in [-0.4, -0.2) is 12.4 Å². The average Bonchev–Trinajstić information content (AvgIpc) is 2.45. The highest BCUT2D eigenvalue weighted by Crippen LogP contribution is 2.27. The van der Waals surface area contributed by atoms with E-state index in [1.54, 1.807) is 0 Å². The minimum Gasteiger partial charge on any atom is -0.485 e. The fourth-order valence-corrected chi connectivity index (χ4v) is 2.21. The summed E-state index contributed by atoms with van der Waals surface area (Å²) in [5.74, 6) is 1.19. The molecule has 0 saturated heterocycles. The molecule has 2 rings (SSSR count). The molecule has 0 unspecified atom stereocenters. The molecule has 0 atom stereocenters. The Bertz CT molecular complexity index is 625. The third-order valence-electron chi connectivity index (χ3n) is 3.52. The van der Waals surface area contributed by atoms with Crippen molar-refractivity contribution < 1.29 is 9.53 Å². The summed E-state index contributed by atoms with van der Waals surface area (Å²) in [7, 11) is 0. The summed E-state index contributed by atoms with van der Waals surface area (Å²) in [5, 5.41) is 0. The van der Waals surface area contributed by atoms with E-state index >= 15 is 0 Å². The zero-order valence-electron chi connectivity index (χ0n) is 13.1. The van der Waals surface area contributed by atoms with E-state index in [1.807, 2.05) is 44.2 Å². The number of carbonyl (C=O) groups excluding carboxylic acids is 1. The van der Waals surface area contributed by atoms with Crippen LogP contribution in [0.25, 0.3) is 0 Å². The van der Waals surface area contributed by atoms with Gasteiger partial charge in [0.1, 0.15) is 5.75 Å². The fourth-order valence-electron chi connectivity index (χ4n) is 2.21. The standard InChI is InChI=1S/C19H22O2/c1-13(2)17-10-7-15(4)11-19(17)21-12-18(20)16-8-5-14(3)6-9-16/h5-11,13H,12H2,1-4H3. The van der Waals surface area contributed by atoms with Gasteiger partial charge >= 0.3 is 0 Å². The fraction of sp³-hybridized carbons (Fsp3) is 0.316. The number of ether oxygens (including phenoxy) is 1. The Morgan fingerprint density at radius 1 is 1.00 bits per heavy atom. The van der Waals surface area contributed by atoms with Gasteiger partial charge in [-0.25, -0.2) is 0 Å². The molecule has 0 bridgehead atoms. The number of aryl methyl sites for hydroxylation is 2. The zero-order chi connectivity index (χ0) is 15.4. The van der Waals surface area contributed by atoms with Crippen LogP contribution in [0.15, 0.2) is 42.5 Å². The van der Waals surface area contributed by atoms with Gasteiger partial charge in [0.15, 0.2) is 12.4 Å². The van der Waals surface area contributed by atoms with E-state index in [0.29, 0.717) is 11.5 Å². The highest BCUT2D eigenvalue weighted by Gasteiger charge is 2.11. The number of rotatable bonds is 5. The molecule has 0 aliphatic carbocycles. The van der Waals surface area contributed by atoms with Gasteiger partial charge in [-0.05, 0) is 37.0 Å². The van der Waals surface area contributed by atoms with Gasteiger partial charge in [-0.15, -0.1) is 0 Å². The molecule has 0 amide bonds. The number of Topliss-reactive ketones (excluding diaryl/α,β-unsaturated/α-hetero) is 1. The van der Waals surface area contributed by atoms with E-state index in [9.17, 15) is 4.79 Å². The Hall–Kier alpha value is -2.09. The van der Waals surface area contributed by atoms with Crippen molar-refractivity contribution in [2.75, 3.05) is 6.61 Å². The molecule has 2 heteroatoms. The van der Waals surface area contributed by atoms with Crippen LogP contribution in [0.4, 0.5) is 0 Å². The van der Waals surface area contributed by atoms with E-state index in [0.717, 1.165) is 22.4 Å². The van der Waals surface area contributed by atoms with Crippen molar-refractivity contribution in [2.45, 2.75) is 33.6 Å². The highest BCUT2D eigenvalue weighted by molar-refractivity contribution is 5.97. The predicted octanol–water partition coefficient (Wildman–Crippen LogP) is 4.69. The summed E-state index contributed by atoms with van der Waals surface area (Å²) in [5.41, 5.74) is 4.11. The molecule has 2 nitrogen and oxygen atoms in total. The maximum Gasteiger partial charge on any atom is 0.200 e. The topological polar surface area (TPSA) is 26.3 Å². The summed E-state index contributed by atoms with van der Waals surface area (Å²) in [6, 6.07) is 13.7. The van der Waals surface area contributed by atoms with Gasteiger partial charge in [0.05, 0.1) is 0 Å². The van der Waals surface area contributed by atoms with Gasteiger partial charge in [0.25, 0.3) is 0 Å². The van der Waals surface area contributed by atoms with Gasteiger partial charge in [-0.2, -0.15) is 0 Å². The van der Waals surface area contributed by atoms with Crippen LogP contribution in [0.2, 0.25) is 0 Å². The van der Waals surface area contributed by atoms with Crippen molar-refractivity contribution in [2.24, 2.45) is 0 Å². The SMILES string of the molecule is Cc1ccc(C(=O)COc2cc(C)ccc2C(C)C)cc1. The van der Waals surface area contributed by atoms with Crippen molar-refractivity contribution in [1.29, 1.82) is 0 Å². The normalized spacial score (nSPS) is 10.7. The lowest BCUT2D eigenvalue weighted by Gasteiger charge is -2.14. The molecule has 0 fully saturated rings. The van der Waals surface area contributed by atoms with E-state index in [2.05, 4.69) is 26.0 Å². The van der Waals surface area contributed by atoms with Crippen LogP contribution in [0.1, 0.15) is 46.8 Å². The van der Waals surface area contributed by atoms with E-state index in [1.165, 1.54) is 0 Å². The zero-order valence-corrected chi connectivity index (χ0v) is 13.1. The Kier molecular flexibility index (Phi) is 4.79. The summed E-state index contributed by atoms with van der Waals surface area (Å²) < 4.78 is 5.78. The van der Waals surface area contributed by atoms with Crippen molar-refractivity contribution in [3.63, 3.8) is 0 Å². The molecule has 0 radical (unpaired) electrons. The lowest BCUT2D eigenvalue weighted by molar-refractivity contribution is 0.0920. The third-order valence-corrected chi connectivity index (χ3v) is 3.52. The molecule has 110 valence electrons. The smallest absolute Gasteiger partial charge is 0.200 e. The van der Waals surface area contributed by atoms with E-state index < -0.39 is 0 Å². The average molecular weight is 282 g/mol. The van der Waals surface area contributed by atoms with Crippen LogP contribution in [-0.2, 0) is 0 Å². The van der Waals surface area contributed by atoms with Gasteiger partial charge in [-0.3, -0.25) is 4.79 Å². The second kappa shape index (κ2) is 6.57. The molecular weight excluding hydrogens is 260 g/mol. The van der Waals surface area contributed by atoms with E-state index in [4.69, 9.17) is 4.74 Å². The summed E-state index contributed by atoms with van der Waals surface area (Å²) in [4.78, 5) is 12.2. The molecule has 0 aliphatic rings. The summed E-state index contributed by atoms with van der Waals surface area (Å²) in [6.07, 6.45) is 0. The molecule has 21 heavy (non-hydrogen) atoms. The van der Waals surface area contributed by atoms with Crippen LogP contribution in [0.3, 0.4) is 0 Å². The number of ketones is 1. The Labute approximate surface area is 126 Å². The number of carbonyl (C=O) groups is 1. The third kappa shape index (κ3) is 3.94. The first-order valence-corrected chi connectivity index (χ1v) is 7.30. The monoisotopic (exact) mass is 282 g/mol. The lowest BCUT2D eigenvalue weighted by atomic mass is 10.0. The first kappa shape index (κ1) is 15.3. The molecule has 0 saturated carbocycles. The first-order valence-electron chi connectivity index (χ1n) is 7.30. The van der Waals surface area contributed by atoms with Crippen molar-refractivity contribution in [3.05, 3.63) is 64.7 Å². The molecule has 0 N–H and O–H groups in total. The maximum atomic E-state index is 12.2. The summed E-state index contributed by atoms with van der Waals surface area (Å²) in [6.45, 7) is 8.36. The minimum absolute atomic E-state index is 0.00575. The highest BCUT2D eigenvalue weighted by atomic mass is 16.5. The molecule has 0 heterocycles. The predicted molar refractivity (Wildman–Crippen MR) is 86.3 cm³/mol. The van der Waals surface area contributed by atoms with Gasteiger partial charge in [-0.1, -0.05) is 55.8 Å². The summed E-state index contributed by atoms with van der Waals surface area (Å²) >= 11 is 0. The Morgan fingerprint density at radius 3 is 2.24 bits per heavy atom. The van der Waals surface area contributed by atoms with Gasteiger partial charge in [0, 0.05) is 5.56 Å². The second-order valence-electron chi connectivity index (χ2n) is 5.77. The quantitative estimate of drug-likeness (QED) is 0.744. The van der Waals surface area contributed by atoms with E-state index in [-0.39, 0.29) is 12.4 Å². The lowest BCUT2D eigenvalue weighted by Crippen LogP contribution is -2.12. The molecular formula is C19H22O2. The number of benzene rings is 2. The number of hydrogen-bond acceptors (Lipinski definition) is 2. The van der Waals surface area contributed by atoms with Crippen LogP contribution >= 0.6 is 0 Å². The van der Waals surface area contributed by atoms with Crippen molar-refractivity contribution in [1.82, 2.24) is 0 Å². The molecule has 2 aromatic carbocycles. The van der Waals surface area contributed by atoms with Crippen LogP contribution in [0.5, 0.6) is 5.75 Å². The van der Waals surface area contributed by atoms with Gasteiger partial charge < -0.3 is 4.74 Å². The molecule has 0 aliphatic heterocycles. The van der Waals surface area contributed by atoms with Crippen molar-refractivity contribution in [3.8, 4) is 5.75 Å². The molecule has 0 spiro atoms. The molecule has 0 aromatic heterocycles. The first-order chi connectivity index (χ1) is 9.97.